The van der Waals surface area contributed by atoms with E-state index >= 15 is 0 Å². The molecular formula is C28H30N2O4. The average molecular weight is 459 g/mol. The summed E-state index contributed by atoms with van der Waals surface area (Å²) in [7, 11) is 0. The lowest BCUT2D eigenvalue weighted by atomic mass is 9.90. The summed E-state index contributed by atoms with van der Waals surface area (Å²) in [6, 6.07) is 25.3. The normalized spacial score (nSPS) is 12.9. The molecular weight excluding hydrogens is 428 g/mol. The number of ether oxygens (including phenoxy) is 1. The zero-order chi connectivity index (χ0) is 24.7. The maximum atomic E-state index is 13.5. The molecule has 1 unspecified atom stereocenters. The largest absolute Gasteiger partial charge is 0.458 e. The number of rotatable bonds is 8. The van der Waals surface area contributed by atoms with Gasteiger partial charge in [0.25, 0.3) is 0 Å². The Morgan fingerprint density at radius 1 is 0.912 bits per heavy atom. The fraction of sp³-hybridized carbons (Fsp3) is 0.286. The van der Waals surface area contributed by atoms with E-state index in [-0.39, 0.29) is 0 Å². The highest BCUT2D eigenvalue weighted by atomic mass is 16.6. The fourth-order valence-electron chi connectivity index (χ4n) is 3.68. The van der Waals surface area contributed by atoms with Gasteiger partial charge in [-0.3, -0.25) is 15.1 Å². The van der Waals surface area contributed by atoms with Crippen LogP contribution in [0.15, 0.2) is 89.9 Å². The van der Waals surface area contributed by atoms with Crippen LogP contribution in [0, 0.1) is 17.0 Å². The van der Waals surface area contributed by atoms with Gasteiger partial charge in [-0.15, -0.1) is 0 Å². The van der Waals surface area contributed by atoms with Gasteiger partial charge in [-0.25, -0.2) is 4.79 Å². The number of aryl methyl sites for hydroxylation is 1. The third-order valence-corrected chi connectivity index (χ3v) is 5.24. The zero-order valence-corrected chi connectivity index (χ0v) is 20.0. The number of hydrogen-bond acceptors (Lipinski definition) is 5. The van der Waals surface area contributed by atoms with Crippen LogP contribution in [0.3, 0.4) is 0 Å². The summed E-state index contributed by atoms with van der Waals surface area (Å²) in [4.78, 5) is 29.7. The lowest BCUT2D eigenvalue weighted by Gasteiger charge is -2.26. The standard InChI is InChI=1S/C28H30N2O4/c1-20-15-17-21(18-16-20)24(19-30(32)33)26(27(31)34-28(2,3)4)29-25(22-11-7-5-8-12-22)23-13-9-6-10-14-23/h5-18,24,26H,19H2,1-4H3/t24?,26-/m0/s1. The SMILES string of the molecule is Cc1ccc(C(C[N+](=O)[O-])[C@H](N=C(c2ccccc2)c2ccccc2)C(=O)OC(C)(C)C)cc1. The van der Waals surface area contributed by atoms with Crippen LogP contribution in [0.2, 0.25) is 0 Å². The third-order valence-electron chi connectivity index (χ3n) is 5.24. The van der Waals surface area contributed by atoms with Crippen LogP contribution in [-0.2, 0) is 9.53 Å². The predicted molar refractivity (Wildman–Crippen MR) is 134 cm³/mol. The molecule has 0 aliphatic heterocycles. The second-order valence-corrected chi connectivity index (χ2v) is 9.22. The molecule has 0 N–H and O–H groups in total. The summed E-state index contributed by atoms with van der Waals surface area (Å²) in [5.41, 5.74) is 3.13. The van der Waals surface area contributed by atoms with Gasteiger partial charge in [-0.1, -0.05) is 90.5 Å². The molecule has 6 nitrogen and oxygen atoms in total. The molecule has 6 heteroatoms. The molecule has 34 heavy (non-hydrogen) atoms. The van der Waals surface area contributed by atoms with Crippen molar-refractivity contribution in [1.29, 1.82) is 0 Å². The molecule has 0 aliphatic carbocycles. The Hall–Kier alpha value is -3.80. The Balaban J connectivity index is 2.21. The first kappa shape index (κ1) is 24.8. The van der Waals surface area contributed by atoms with Gasteiger partial charge in [-0.05, 0) is 33.3 Å². The van der Waals surface area contributed by atoms with Crippen LogP contribution in [0.25, 0.3) is 0 Å². The quantitative estimate of drug-likeness (QED) is 0.190. The Morgan fingerprint density at radius 3 is 1.85 bits per heavy atom. The van der Waals surface area contributed by atoms with E-state index < -0.39 is 35.0 Å². The van der Waals surface area contributed by atoms with E-state index in [2.05, 4.69) is 0 Å². The first-order chi connectivity index (χ1) is 16.1. The number of aliphatic imine (C=N–C) groups is 1. The van der Waals surface area contributed by atoms with E-state index in [0.717, 1.165) is 16.7 Å². The van der Waals surface area contributed by atoms with Crippen molar-refractivity contribution in [1.82, 2.24) is 0 Å². The Morgan fingerprint density at radius 2 is 1.41 bits per heavy atom. The highest BCUT2D eigenvalue weighted by Crippen LogP contribution is 2.27. The number of esters is 1. The zero-order valence-electron chi connectivity index (χ0n) is 20.0. The van der Waals surface area contributed by atoms with Gasteiger partial charge in [0.2, 0.25) is 6.54 Å². The number of carbonyl (C=O) groups is 1. The average Bonchev–Trinajstić information content (AvgIpc) is 2.79. The minimum absolute atomic E-state index is 0.401. The number of benzene rings is 3. The van der Waals surface area contributed by atoms with Crippen molar-refractivity contribution in [3.63, 3.8) is 0 Å². The highest BCUT2D eigenvalue weighted by molar-refractivity contribution is 6.13. The predicted octanol–water partition coefficient (Wildman–Crippen LogP) is 5.60. The van der Waals surface area contributed by atoms with Crippen molar-refractivity contribution >= 4 is 11.7 Å². The van der Waals surface area contributed by atoms with Gasteiger partial charge in [0.05, 0.1) is 11.6 Å². The maximum Gasteiger partial charge on any atom is 0.332 e. The van der Waals surface area contributed by atoms with Crippen molar-refractivity contribution in [2.45, 2.75) is 45.3 Å². The summed E-state index contributed by atoms with van der Waals surface area (Å²) in [6.07, 6.45) is 0. The molecule has 0 amide bonds. The third kappa shape index (κ3) is 6.85. The molecule has 176 valence electrons. The molecule has 3 rings (SSSR count). The second-order valence-electron chi connectivity index (χ2n) is 9.22. The van der Waals surface area contributed by atoms with Gasteiger partial charge >= 0.3 is 5.97 Å². The van der Waals surface area contributed by atoms with Crippen LogP contribution in [0.1, 0.15) is 48.9 Å². The van der Waals surface area contributed by atoms with Crippen molar-refractivity contribution < 1.29 is 14.5 Å². The minimum Gasteiger partial charge on any atom is -0.458 e. The van der Waals surface area contributed by atoms with Crippen LogP contribution in [0.4, 0.5) is 0 Å². The van der Waals surface area contributed by atoms with Crippen molar-refractivity contribution in [3.05, 3.63) is 117 Å². The van der Waals surface area contributed by atoms with Gasteiger partial charge < -0.3 is 4.74 Å². The molecule has 0 aliphatic rings. The molecule has 0 saturated heterocycles. The van der Waals surface area contributed by atoms with Gasteiger partial charge in [0.15, 0.2) is 6.04 Å². The van der Waals surface area contributed by atoms with Gasteiger partial charge in [0.1, 0.15) is 5.60 Å². The van der Waals surface area contributed by atoms with E-state index in [1.54, 1.807) is 20.8 Å². The Kier molecular flexibility index (Phi) is 7.95. The Labute approximate surface area is 200 Å². The summed E-state index contributed by atoms with van der Waals surface area (Å²) >= 11 is 0. The van der Waals surface area contributed by atoms with E-state index in [0.29, 0.717) is 11.3 Å². The molecule has 0 radical (unpaired) electrons. The maximum absolute atomic E-state index is 13.5. The summed E-state index contributed by atoms with van der Waals surface area (Å²) in [5, 5.41) is 11.7. The smallest absolute Gasteiger partial charge is 0.332 e. The van der Waals surface area contributed by atoms with Crippen LogP contribution >= 0.6 is 0 Å². The minimum atomic E-state index is -1.11. The number of nitro groups is 1. The monoisotopic (exact) mass is 458 g/mol. The van der Waals surface area contributed by atoms with Crippen LogP contribution in [0.5, 0.6) is 0 Å². The summed E-state index contributed by atoms with van der Waals surface area (Å²) < 4.78 is 5.71. The van der Waals surface area contributed by atoms with E-state index in [4.69, 9.17) is 9.73 Å². The summed E-state index contributed by atoms with van der Waals surface area (Å²) in [5.74, 6) is -1.39. The van der Waals surface area contributed by atoms with E-state index in [9.17, 15) is 14.9 Å². The molecule has 0 heterocycles. The number of hydrogen-bond donors (Lipinski definition) is 0. The van der Waals surface area contributed by atoms with Crippen molar-refractivity contribution in [2.75, 3.05) is 6.54 Å². The second kappa shape index (κ2) is 10.9. The van der Waals surface area contributed by atoms with Gasteiger partial charge in [0, 0.05) is 16.1 Å². The fourth-order valence-corrected chi connectivity index (χ4v) is 3.68. The molecule has 2 atom stereocenters. The van der Waals surface area contributed by atoms with Crippen LogP contribution < -0.4 is 0 Å². The first-order valence-electron chi connectivity index (χ1n) is 11.2. The van der Waals surface area contributed by atoms with Crippen molar-refractivity contribution in [2.24, 2.45) is 4.99 Å². The van der Waals surface area contributed by atoms with Crippen molar-refractivity contribution in [3.8, 4) is 0 Å². The highest BCUT2D eigenvalue weighted by Gasteiger charge is 2.37. The lowest BCUT2D eigenvalue weighted by Crippen LogP contribution is -2.37. The van der Waals surface area contributed by atoms with Crippen LogP contribution in [-0.4, -0.2) is 34.8 Å². The molecule has 0 spiro atoms. The molecule has 0 bridgehead atoms. The molecule has 3 aromatic rings. The van der Waals surface area contributed by atoms with E-state index in [1.165, 1.54) is 0 Å². The van der Waals surface area contributed by atoms with E-state index in [1.807, 2.05) is 91.9 Å². The first-order valence-corrected chi connectivity index (χ1v) is 11.2. The molecule has 3 aromatic carbocycles. The lowest BCUT2D eigenvalue weighted by molar-refractivity contribution is -0.483. The molecule has 0 fully saturated rings. The topological polar surface area (TPSA) is 81.8 Å². The molecule has 0 aromatic heterocycles. The number of carbonyl (C=O) groups excluding carboxylic acids is 1. The van der Waals surface area contributed by atoms with Gasteiger partial charge in [-0.2, -0.15) is 0 Å². The molecule has 0 saturated carbocycles. The Bertz CT molecular complexity index is 1090. The summed E-state index contributed by atoms with van der Waals surface area (Å²) in [6.45, 7) is 6.81. The number of nitrogens with zero attached hydrogens (tertiary/aromatic N) is 2.